The Balaban J connectivity index is 0. The Kier molecular flexibility index (Phi) is 10.9. The van der Waals surface area contributed by atoms with E-state index in [4.69, 9.17) is 0 Å². The maximum Gasteiger partial charge on any atom is 0.0564 e. The van der Waals surface area contributed by atoms with E-state index in [1.165, 1.54) is 0 Å². The molecule has 1 heterocycles. The number of amides is 3. The number of carbonyl (C=O) groups is 3. The molecule has 1 aliphatic heterocycles. The number of carbonyl (C=O) groups excluding carboxylic acids is 3. The molecule has 0 saturated carbocycles. The number of hydrogen-bond donors (Lipinski definition) is 0. The molecule has 1 rings (SSSR count). The molecule has 0 aromatic rings. The van der Waals surface area contributed by atoms with Crippen molar-refractivity contribution < 1.29 is 68.2 Å². The fourth-order valence-electron chi connectivity index (χ4n) is 1.17. The van der Waals surface area contributed by atoms with Crippen molar-refractivity contribution in [1.29, 1.82) is 0 Å². The van der Waals surface area contributed by atoms with E-state index in [-0.39, 0.29) is 72.0 Å². The van der Waals surface area contributed by atoms with Crippen LogP contribution in [0.1, 0.15) is 26.7 Å². The minimum absolute atomic E-state index is 0. The maximum atomic E-state index is 11.4. The van der Waals surface area contributed by atoms with E-state index in [9.17, 15) is 14.4 Å². The van der Waals surface area contributed by atoms with Crippen LogP contribution in [0.15, 0.2) is 0 Å². The molecule has 0 bridgehead atoms. The van der Waals surface area contributed by atoms with Gasteiger partial charge in [0.25, 0.3) is 0 Å². The number of hydrogen-bond acceptors (Lipinski definition) is 3. The van der Waals surface area contributed by atoms with Crippen molar-refractivity contribution in [3.63, 3.8) is 0 Å². The van der Waals surface area contributed by atoms with Gasteiger partial charge in [0.1, 0.15) is 0 Å². The molecule has 1 radical (unpaired) electrons. The van der Waals surface area contributed by atoms with Crippen molar-refractivity contribution in [1.82, 2.24) is 0 Å². The van der Waals surface area contributed by atoms with Crippen molar-refractivity contribution in [2.45, 2.75) is 32.7 Å². The van der Waals surface area contributed by atoms with E-state index in [1.807, 2.05) is 0 Å². The SMILES string of the molecule is C[CH-][C@H](C)C(=O)[N-]C1CCC(=O)[N-]C1=O.[W].[Y]. The van der Waals surface area contributed by atoms with Gasteiger partial charge >= 0.3 is 0 Å². The van der Waals surface area contributed by atoms with Crippen LogP contribution in [0.2, 0.25) is 0 Å². The number of rotatable bonds is 3. The topological polar surface area (TPSA) is 79.4 Å². The molecule has 1 fully saturated rings. The zero-order chi connectivity index (χ0) is 11.4. The average molecular weight is 482 g/mol. The molecule has 0 aromatic heterocycles. The van der Waals surface area contributed by atoms with E-state index in [1.54, 1.807) is 20.3 Å². The smallest absolute Gasteiger partial charge is 0.0564 e. The Hall–Kier alpha value is 0.402. The van der Waals surface area contributed by atoms with Crippen molar-refractivity contribution in [2.24, 2.45) is 5.92 Å². The van der Waals surface area contributed by atoms with Crippen molar-refractivity contribution in [3.05, 3.63) is 17.1 Å². The maximum absolute atomic E-state index is 11.4. The molecule has 2 atom stereocenters. The van der Waals surface area contributed by atoms with Crippen molar-refractivity contribution in [3.8, 4) is 0 Å². The third-order valence-corrected chi connectivity index (χ3v) is 2.32. The zero-order valence-corrected chi connectivity index (χ0v) is 15.5. The molecule has 93 valence electrons. The first-order valence-corrected chi connectivity index (χ1v) is 4.87. The van der Waals surface area contributed by atoms with Gasteiger partial charge in [-0.1, -0.05) is 19.4 Å². The summed E-state index contributed by atoms with van der Waals surface area (Å²) in [7, 11) is 0. The molecule has 0 N–H and O–H groups in total. The predicted molar refractivity (Wildman–Crippen MR) is 53.9 cm³/mol. The summed E-state index contributed by atoms with van der Waals surface area (Å²) in [4.78, 5) is 33.4. The summed E-state index contributed by atoms with van der Waals surface area (Å²) in [6.07, 6.45) is 2.20. The van der Waals surface area contributed by atoms with Crippen LogP contribution in [0.5, 0.6) is 0 Å². The Bertz CT molecular complexity index is 299. The number of piperidine rings is 1. The molecule has 7 heteroatoms. The van der Waals surface area contributed by atoms with Crippen LogP contribution in [0, 0.1) is 12.3 Å². The standard InChI is InChI=1S/C10H15N2O3.W.Y/c1-3-6(2)9(14)11-7-4-5-8(13)12-10(7)15;;/h3,6-7H,4-5H2,1-2H3,(H2,11,12,13,14,15);;/q-1;;/p-2/t6-,7?;;/m0../s1. The summed E-state index contributed by atoms with van der Waals surface area (Å²) in [5.74, 6) is -1.65. The second-order valence-electron chi connectivity index (χ2n) is 3.49. The van der Waals surface area contributed by atoms with E-state index in [2.05, 4.69) is 10.6 Å². The van der Waals surface area contributed by atoms with E-state index < -0.39 is 17.9 Å². The summed E-state index contributed by atoms with van der Waals surface area (Å²) in [5.41, 5.74) is 0. The Morgan fingerprint density at radius 2 is 2.12 bits per heavy atom. The molecule has 1 saturated heterocycles. The first-order valence-electron chi connectivity index (χ1n) is 4.87. The number of nitrogens with zero attached hydrogens (tertiary/aromatic N) is 2. The van der Waals surface area contributed by atoms with Gasteiger partial charge in [0.05, 0.1) is 5.91 Å². The summed E-state index contributed by atoms with van der Waals surface area (Å²) >= 11 is 0. The second-order valence-corrected chi connectivity index (χ2v) is 3.49. The van der Waals surface area contributed by atoms with E-state index in [0.29, 0.717) is 6.42 Å². The molecule has 17 heavy (non-hydrogen) atoms. The molecule has 1 unspecified atom stereocenters. The van der Waals surface area contributed by atoms with Crippen LogP contribution in [0.25, 0.3) is 10.6 Å². The third kappa shape index (κ3) is 6.21. The molecule has 3 amide bonds. The fraction of sp³-hybridized carbons (Fsp3) is 0.600. The van der Waals surface area contributed by atoms with Crippen LogP contribution in [-0.2, 0) is 68.2 Å². The summed E-state index contributed by atoms with van der Waals surface area (Å²) < 4.78 is 0. The summed E-state index contributed by atoms with van der Waals surface area (Å²) in [6, 6.07) is -0.752. The van der Waals surface area contributed by atoms with Gasteiger partial charge in [-0.25, -0.2) is 0 Å². The fourth-order valence-corrected chi connectivity index (χ4v) is 1.17. The monoisotopic (exact) mass is 482 g/mol. The van der Waals surface area contributed by atoms with Crippen LogP contribution >= 0.6 is 0 Å². The van der Waals surface area contributed by atoms with E-state index in [0.717, 1.165) is 0 Å². The largest absolute Gasteiger partial charge is 0.648 e. The molecule has 1 aliphatic rings. The molecular formula is C10H13N2O3WY-3. The van der Waals surface area contributed by atoms with Gasteiger partial charge in [0.2, 0.25) is 0 Å². The van der Waals surface area contributed by atoms with Crippen LogP contribution in [-0.4, -0.2) is 23.8 Å². The van der Waals surface area contributed by atoms with Gasteiger partial charge in [-0.3, -0.25) is 0 Å². The van der Waals surface area contributed by atoms with Gasteiger partial charge in [-0.15, -0.1) is 5.92 Å². The quantitative estimate of drug-likeness (QED) is 0.450. The molecular weight excluding hydrogens is 469 g/mol. The van der Waals surface area contributed by atoms with Crippen molar-refractivity contribution >= 4 is 17.7 Å². The van der Waals surface area contributed by atoms with E-state index >= 15 is 0 Å². The molecule has 0 spiro atoms. The minimum atomic E-state index is -0.752. The summed E-state index contributed by atoms with van der Waals surface area (Å²) in [5, 5.41) is 7.02. The predicted octanol–water partition coefficient (Wildman–Crippen LogP) is 1.33. The molecule has 5 nitrogen and oxygen atoms in total. The Morgan fingerprint density at radius 1 is 1.53 bits per heavy atom. The second kappa shape index (κ2) is 9.35. The number of imide groups is 1. The first-order chi connectivity index (χ1) is 7.04. The van der Waals surface area contributed by atoms with Gasteiger partial charge in [-0.2, -0.15) is 6.92 Å². The van der Waals surface area contributed by atoms with Gasteiger partial charge in [0.15, 0.2) is 0 Å². The van der Waals surface area contributed by atoms with Gasteiger partial charge < -0.3 is 31.4 Å². The zero-order valence-electron chi connectivity index (χ0n) is 9.75. The first kappa shape index (κ1) is 19.7. The third-order valence-electron chi connectivity index (χ3n) is 2.32. The minimum Gasteiger partial charge on any atom is -0.648 e. The van der Waals surface area contributed by atoms with Crippen LogP contribution < -0.4 is 0 Å². The normalized spacial score (nSPS) is 20.5. The summed E-state index contributed by atoms with van der Waals surface area (Å²) in [6.45, 7) is 3.47. The Morgan fingerprint density at radius 3 is 2.59 bits per heavy atom. The van der Waals surface area contributed by atoms with Crippen molar-refractivity contribution in [2.75, 3.05) is 0 Å². The Labute approximate surface area is 140 Å². The average Bonchev–Trinajstić information content (AvgIpc) is 2.20. The molecule has 0 aliphatic carbocycles. The van der Waals surface area contributed by atoms with Crippen LogP contribution in [0.4, 0.5) is 0 Å². The van der Waals surface area contributed by atoms with Crippen LogP contribution in [0.3, 0.4) is 0 Å². The molecule has 0 aromatic carbocycles. The van der Waals surface area contributed by atoms with Gasteiger partial charge in [-0.05, 0) is 6.42 Å². The van der Waals surface area contributed by atoms with Gasteiger partial charge in [0, 0.05) is 65.6 Å².